The highest BCUT2D eigenvalue weighted by Crippen LogP contribution is 2.12. The van der Waals surface area contributed by atoms with Gasteiger partial charge in [-0.05, 0) is 25.0 Å². The molecule has 1 aromatic carbocycles. The lowest BCUT2D eigenvalue weighted by Crippen LogP contribution is -2.38. The second kappa shape index (κ2) is 7.74. The first-order valence-corrected chi connectivity index (χ1v) is 6.31. The Balaban J connectivity index is 2.27. The molecule has 1 rings (SSSR count). The summed E-state index contributed by atoms with van der Waals surface area (Å²) in [5.74, 6) is -0.103. The SMILES string of the molecule is CC(CO)C(C)NC(=O)CCOc1cccc(F)c1. The van der Waals surface area contributed by atoms with Crippen LogP contribution in [0.2, 0.25) is 0 Å². The molecule has 0 saturated heterocycles. The van der Waals surface area contributed by atoms with E-state index in [4.69, 9.17) is 9.84 Å². The standard InChI is InChI=1S/C14H20FNO3/c1-10(9-17)11(2)16-14(18)6-7-19-13-5-3-4-12(15)8-13/h3-5,8,10-11,17H,6-7,9H2,1-2H3,(H,16,18). The molecule has 0 bridgehead atoms. The van der Waals surface area contributed by atoms with Gasteiger partial charge in [-0.25, -0.2) is 4.39 Å². The molecule has 0 heterocycles. The summed E-state index contributed by atoms with van der Waals surface area (Å²) in [6.07, 6.45) is 0.193. The Morgan fingerprint density at radius 2 is 2.21 bits per heavy atom. The monoisotopic (exact) mass is 269 g/mol. The Morgan fingerprint density at radius 1 is 1.47 bits per heavy atom. The van der Waals surface area contributed by atoms with E-state index in [2.05, 4.69) is 5.32 Å². The van der Waals surface area contributed by atoms with E-state index in [0.717, 1.165) is 0 Å². The quantitative estimate of drug-likeness (QED) is 0.792. The zero-order valence-corrected chi connectivity index (χ0v) is 11.2. The molecule has 1 aromatic rings. The van der Waals surface area contributed by atoms with Crippen molar-refractivity contribution in [1.29, 1.82) is 0 Å². The van der Waals surface area contributed by atoms with Gasteiger partial charge in [0.2, 0.25) is 5.91 Å². The summed E-state index contributed by atoms with van der Waals surface area (Å²) in [5, 5.41) is 11.7. The highest BCUT2D eigenvalue weighted by atomic mass is 19.1. The molecule has 0 aromatic heterocycles. The van der Waals surface area contributed by atoms with Gasteiger partial charge in [0.05, 0.1) is 13.0 Å². The van der Waals surface area contributed by atoms with Crippen molar-refractivity contribution in [3.05, 3.63) is 30.1 Å². The van der Waals surface area contributed by atoms with Gasteiger partial charge >= 0.3 is 0 Å². The summed E-state index contributed by atoms with van der Waals surface area (Å²) in [6.45, 7) is 3.91. The maximum absolute atomic E-state index is 12.9. The molecule has 2 N–H and O–H groups in total. The lowest BCUT2D eigenvalue weighted by Gasteiger charge is -2.19. The topological polar surface area (TPSA) is 58.6 Å². The molecule has 5 heteroatoms. The number of aliphatic hydroxyl groups is 1. The minimum atomic E-state index is -0.368. The molecule has 0 aliphatic rings. The van der Waals surface area contributed by atoms with Crippen molar-refractivity contribution in [3.8, 4) is 5.75 Å². The van der Waals surface area contributed by atoms with Crippen LogP contribution in [0.5, 0.6) is 5.75 Å². The molecular weight excluding hydrogens is 249 g/mol. The number of amides is 1. The van der Waals surface area contributed by atoms with Gasteiger partial charge in [-0.15, -0.1) is 0 Å². The van der Waals surface area contributed by atoms with Gasteiger partial charge in [-0.2, -0.15) is 0 Å². The van der Waals surface area contributed by atoms with Crippen molar-refractivity contribution in [3.63, 3.8) is 0 Å². The van der Waals surface area contributed by atoms with Gasteiger partial charge in [-0.1, -0.05) is 13.0 Å². The summed E-state index contributed by atoms with van der Waals surface area (Å²) in [6, 6.07) is 5.70. The molecule has 0 aliphatic carbocycles. The average molecular weight is 269 g/mol. The second-order valence-corrected chi connectivity index (χ2v) is 4.57. The van der Waals surface area contributed by atoms with Crippen LogP contribution in [0.4, 0.5) is 4.39 Å². The number of nitrogens with one attached hydrogen (secondary N) is 1. The van der Waals surface area contributed by atoms with Crippen LogP contribution in [0.1, 0.15) is 20.3 Å². The Morgan fingerprint density at radius 3 is 2.84 bits per heavy atom. The van der Waals surface area contributed by atoms with Crippen LogP contribution >= 0.6 is 0 Å². The van der Waals surface area contributed by atoms with E-state index in [9.17, 15) is 9.18 Å². The largest absolute Gasteiger partial charge is 0.493 e. The van der Waals surface area contributed by atoms with Gasteiger partial charge in [0.1, 0.15) is 11.6 Å². The maximum Gasteiger partial charge on any atom is 0.223 e. The van der Waals surface area contributed by atoms with Crippen LogP contribution in [0, 0.1) is 11.7 Å². The van der Waals surface area contributed by atoms with Gasteiger partial charge in [0.15, 0.2) is 0 Å². The highest BCUT2D eigenvalue weighted by molar-refractivity contribution is 5.76. The molecule has 19 heavy (non-hydrogen) atoms. The summed E-state index contributed by atoms with van der Waals surface area (Å²) in [4.78, 5) is 11.6. The number of benzene rings is 1. The van der Waals surface area contributed by atoms with E-state index in [1.807, 2.05) is 13.8 Å². The van der Waals surface area contributed by atoms with E-state index >= 15 is 0 Å². The van der Waals surface area contributed by atoms with Crippen LogP contribution in [-0.4, -0.2) is 30.3 Å². The third-order valence-corrected chi connectivity index (χ3v) is 2.92. The van der Waals surface area contributed by atoms with Crippen LogP contribution in [-0.2, 0) is 4.79 Å². The Labute approximate surface area is 112 Å². The molecule has 0 fully saturated rings. The predicted molar refractivity (Wildman–Crippen MR) is 70.4 cm³/mol. The summed E-state index contributed by atoms with van der Waals surface area (Å²) >= 11 is 0. The van der Waals surface area contributed by atoms with Crippen LogP contribution in [0.3, 0.4) is 0 Å². The first-order valence-electron chi connectivity index (χ1n) is 6.31. The normalized spacial score (nSPS) is 13.7. The second-order valence-electron chi connectivity index (χ2n) is 4.57. The molecule has 0 saturated carbocycles. The third kappa shape index (κ3) is 5.70. The fourth-order valence-electron chi connectivity index (χ4n) is 1.44. The van der Waals surface area contributed by atoms with Gasteiger partial charge in [-0.3, -0.25) is 4.79 Å². The van der Waals surface area contributed by atoms with Crippen molar-refractivity contribution in [2.45, 2.75) is 26.3 Å². The molecule has 4 nitrogen and oxygen atoms in total. The highest BCUT2D eigenvalue weighted by Gasteiger charge is 2.13. The molecule has 0 aliphatic heterocycles. The molecular formula is C14H20FNO3. The third-order valence-electron chi connectivity index (χ3n) is 2.92. The number of rotatable bonds is 7. The van der Waals surface area contributed by atoms with E-state index in [1.165, 1.54) is 12.1 Å². The van der Waals surface area contributed by atoms with E-state index < -0.39 is 0 Å². The zero-order chi connectivity index (χ0) is 14.3. The van der Waals surface area contributed by atoms with Crippen molar-refractivity contribution >= 4 is 5.91 Å². The zero-order valence-electron chi connectivity index (χ0n) is 11.2. The summed E-state index contributed by atoms with van der Waals surface area (Å²) in [7, 11) is 0. The van der Waals surface area contributed by atoms with E-state index in [0.29, 0.717) is 5.75 Å². The maximum atomic E-state index is 12.9. The smallest absolute Gasteiger partial charge is 0.223 e. The first-order chi connectivity index (χ1) is 9.02. The summed E-state index contributed by atoms with van der Waals surface area (Å²) in [5.41, 5.74) is 0. The number of carbonyl (C=O) groups excluding carboxylic acids is 1. The van der Waals surface area contributed by atoms with Gasteiger partial charge in [0.25, 0.3) is 0 Å². The van der Waals surface area contributed by atoms with E-state index in [-0.39, 0.29) is 43.3 Å². The lowest BCUT2D eigenvalue weighted by atomic mass is 10.1. The van der Waals surface area contributed by atoms with Crippen LogP contribution < -0.4 is 10.1 Å². The number of hydrogen-bond donors (Lipinski definition) is 2. The van der Waals surface area contributed by atoms with Crippen molar-refractivity contribution < 1.29 is 19.0 Å². The fraction of sp³-hybridized carbons (Fsp3) is 0.500. The van der Waals surface area contributed by atoms with Crippen LogP contribution in [0.15, 0.2) is 24.3 Å². The Hall–Kier alpha value is -1.62. The van der Waals surface area contributed by atoms with Crippen molar-refractivity contribution in [2.75, 3.05) is 13.2 Å². The predicted octanol–water partition coefficient (Wildman–Crippen LogP) is 1.73. The minimum Gasteiger partial charge on any atom is -0.493 e. The molecule has 2 unspecified atom stereocenters. The molecule has 0 radical (unpaired) electrons. The molecule has 0 spiro atoms. The van der Waals surface area contributed by atoms with Gasteiger partial charge in [0, 0.05) is 18.7 Å². The summed E-state index contributed by atoms with van der Waals surface area (Å²) < 4.78 is 18.1. The van der Waals surface area contributed by atoms with Crippen LogP contribution in [0.25, 0.3) is 0 Å². The number of aliphatic hydroxyl groups excluding tert-OH is 1. The number of hydrogen-bond acceptors (Lipinski definition) is 3. The number of halogens is 1. The minimum absolute atomic E-state index is 0.00749. The number of carbonyl (C=O) groups is 1. The lowest BCUT2D eigenvalue weighted by molar-refractivity contribution is -0.122. The fourth-order valence-corrected chi connectivity index (χ4v) is 1.44. The first kappa shape index (κ1) is 15.4. The molecule has 2 atom stereocenters. The molecule has 1 amide bonds. The molecule has 106 valence electrons. The average Bonchev–Trinajstić information content (AvgIpc) is 2.37. The number of ether oxygens (including phenoxy) is 1. The van der Waals surface area contributed by atoms with Crippen molar-refractivity contribution in [2.24, 2.45) is 5.92 Å². The Kier molecular flexibility index (Phi) is 6.29. The Bertz CT molecular complexity index is 411. The van der Waals surface area contributed by atoms with Crippen molar-refractivity contribution in [1.82, 2.24) is 5.32 Å². The van der Waals surface area contributed by atoms with Gasteiger partial charge < -0.3 is 15.2 Å². The van der Waals surface area contributed by atoms with E-state index in [1.54, 1.807) is 12.1 Å².